The van der Waals surface area contributed by atoms with Crippen LogP contribution in [0.4, 0.5) is 0 Å². The third kappa shape index (κ3) is 4.00. The maximum Gasteiger partial charge on any atom is 0.238 e. The summed E-state index contributed by atoms with van der Waals surface area (Å²) in [7, 11) is 0. The second-order valence-electron chi connectivity index (χ2n) is 6.85. The van der Waals surface area contributed by atoms with Gasteiger partial charge in [0.25, 0.3) is 0 Å². The van der Waals surface area contributed by atoms with Gasteiger partial charge in [-0.3, -0.25) is 15.2 Å². The van der Waals surface area contributed by atoms with Crippen molar-refractivity contribution in [3.05, 3.63) is 66.6 Å². The number of carbonyl (C=O) groups is 1. The second kappa shape index (κ2) is 7.87. The van der Waals surface area contributed by atoms with Crippen LogP contribution in [0, 0.1) is 0 Å². The average Bonchev–Trinajstić information content (AvgIpc) is 3.34. The number of hydrogen-bond acceptors (Lipinski definition) is 5. The summed E-state index contributed by atoms with van der Waals surface area (Å²) in [6.07, 6.45) is 5.24. The van der Waals surface area contributed by atoms with Gasteiger partial charge in [-0.05, 0) is 30.0 Å². The van der Waals surface area contributed by atoms with Gasteiger partial charge in [-0.15, -0.1) is 0 Å². The molecule has 1 amide bonds. The lowest BCUT2D eigenvalue weighted by molar-refractivity contribution is -0.123. The Bertz CT molecular complexity index is 911. The summed E-state index contributed by atoms with van der Waals surface area (Å²) < 4.78 is 2.20. The number of rotatable bonds is 6. The van der Waals surface area contributed by atoms with E-state index in [1.165, 1.54) is 10.9 Å². The van der Waals surface area contributed by atoms with Crippen molar-refractivity contribution in [2.45, 2.75) is 31.2 Å². The number of nitrogens with one attached hydrogen (secondary N) is 3. The fourth-order valence-corrected chi connectivity index (χ4v) is 3.46. The van der Waals surface area contributed by atoms with E-state index >= 15 is 0 Å². The number of aromatic nitrogens is 2. The van der Waals surface area contributed by atoms with Gasteiger partial charge in [0.15, 0.2) is 0 Å². The molecule has 3 atom stereocenters. The van der Waals surface area contributed by atoms with E-state index in [1.807, 2.05) is 12.1 Å². The first-order valence-corrected chi connectivity index (χ1v) is 9.11. The Morgan fingerprint density at radius 2 is 2.15 bits per heavy atom. The van der Waals surface area contributed by atoms with Crippen LogP contribution in [0.15, 0.2) is 61.1 Å². The van der Waals surface area contributed by atoms with Crippen LogP contribution in [-0.4, -0.2) is 39.2 Å². The molecule has 2 aromatic heterocycles. The van der Waals surface area contributed by atoms with E-state index in [0.29, 0.717) is 12.0 Å². The summed E-state index contributed by atoms with van der Waals surface area (Å²) in [6, 6.07) is 13.7. The first kappa shape index (κ1) is 17.7. The fraction of sp³-hybridized carbons (Fsp3) is 0.300. The molecule has 4 rings (SSSR count). The molecule has 1 fully saturated rings. The van der Waals surface area contributed by atoms with Gasteiger partial charge in [0.05, 0.1) is 6.10 Å². The van der Waals surface area contributed by atoms with Gasteiger partial charge in [-0.1, -0.05) is 24.3 Å². The van der Waals surface area contributed by atoms with E-state index in [1.54, 1.807) is 24.5 Å². The lowest BCUT2D eigenvalue weighted by Gasteiger charge is -2.14. The normalized spacial score (nSPS) is 20.6. The molecule has 27 heavy (non-hydrogen) atoms. The van der Waals surface area contributed by atoms with Crippen molar-refractivity contribution < 1.29 is 9.90 Å². The number of benzene rings is 1. The molecule has 7 nitrogen and oxygen atoms in total. The topological polar surface area (TPSA) is 91.2 Å². The molecule has 1 saturated heterocycles. The van der Waals surface area contributed by atoms with Crippen LogP contribution in [0.25, 0.3) is 10.9 Å². The largest absolute Gasteiger partial charge is 0.387 e. The van der Waals surface area contributed by atoms with Gasteiger partial charge in [0.1, 0.15) is 6.04 Å². The van der Waals surface area contributed by atoms with E-state index in [2.05, 4.69) is 50.1 Å². The molecule has 0 aliphatic carbocycles. The minimum atomic E-state index is -0.765. The summed E-state index contributed by atoms with van der Waals surface area (Å²) >= 11 is 0. The van der Waals surface area contributed by atoms with Crippen molar-refractivity contribution in [1.29, 1.82) is 0 Å². The lowest BCUT2D eigenvalue weighted by atomic mass is 10.1. The molecule has 0 radical (unpaired) electrons. The van der Waals surface area contributed by atoms with Crippen molar-refractivity contribution >= 4 is 16.8 Å². The Kier molecular flexibility index (Phi) is 5.15. The number of para-hydroxylation sites is 1. The minimum absolute atomic E-state index is 0.120. The molecule has 140 valence electrons. The molecular formula is C20H23N5O2. The lowest BCUT2D eigenvalue weighted by Crippen LogP contribution is -2.44. The summed E-state index contributed by atoms with van der Waals surface area (Å²) in [6.45, 7) is 0.943. The molecule has 0 spiro atoms. The first-order valence-electron chi connectivity index (χ1n) is 9.11. The van der Waals surface area contributed by atoms with Crippen LogP contribution >= 0.6 is 0 Å². The quantitative estimate of drug-likeness (QED) is 0.526. The molecule has 7 heteroatoms. The third-order valence-electron chi connectivity index (χ3n) is 4.93. The van der Waals surface area contributed by atoms with E-state index in [9.17, 15) is 9.90 Å². The standard InChI is InChI=1S/C20H23N5O2/c26-19(15-5-3-8-21-11-15)12-22-20(27)17-10-16(23-24-17)13-25-9-7-14-4-1-2-6-18(14)25/h1-9,11,16-17,19,23-24,26H,10,12-13H2,(H,22,27). The smallest absolute Gasteiger partial charge is 0.238 e. The molecule has 4 N–H and O–H groups in total. The Morgan fingerprint density at radius 3 is 3.00 bits per heavy atom. The van der Waals surface area contributed by atoms with Gasteiger partial charge in [-0.2, -0.15) is 0 Å². The maximum absolute atomic E-state index is 12.4. The number of hydrogen-bond donors (Lipinski definition) is 4. The number of amides is 1. The second-order valence-corrected chi connectivity index (χ2v) is 6.85. The van der Waals surface area contributed by atoms with Crippen molar-refractivity contribution in [2.24, 2.45) is 0 Å². The zero-order valence-corrected chi connectivity index (χ0v) is 14.9. The molecule has 1 aliphatic heterocycles. The highest BCUT2D eigenvalue weighted by molar-refractivity contribution is 5.82. The first-order chi connectivity index (χ1) is 13.2. The number of nitrogens with zero attached hydrogens (tertiary/aromatic N) is 2. The number of pyridine rings is 1. The molecule has 3 heterocycles. The monoisotopic (exact) mass is 365 g/mol. The van der Waals surface area contributed by atoms with Crippen LogP contribution in [0.2, 0.25) is 0 Å². The Morgan fingerprint density at radius 1 is 1.26 bits per heavy atom. The number of carbonyl (C=O) groups excluding carboxylic acids is 1. The number of aliphatic hydroxyl groups is 1. The third-order valence-corrected chi connectivity index (χ3v) is 4.93. The number of fused-ring (bicyclic) bond motifs is 1. The molecule has 3 aromatic rings. The fourth-order valence-electron chi connectivity index (χ4n) is 3.46. The Hall–Kier alpha value is -2.74. The highest BCUT2D eigenvalue weighted by Crippen LogP contribution is 2.17. The van der Waals surface area contributed by atoms with Crippen molar-refractivity contribution in [1.82, 2.24) is 25.7 Å². The zero-order chi connectivity index (χ0) is 18.6. The van der Waals surface area contributed by atoms with Gasteiger partial charge < -0.3 is 15.0 Å². The summed E-state index contributed by atoms with van der Waals surface area (Å²) in [5.74, 6) is -0.120. The van der Waals surface area contributed by atoms with Crippen molar-refractivity contribution in [3.8, 4) is 0 Å². The van der Waals surface area contributed by atoms with Crippen molar-refractivity contribution in [2.75, 3.05) is 6.54 Å². The predicted octanol–water partition coefficient (Wildman–Crippen LogP) is 1.12. The van der Waals surface area contributed by atoms with E-state index in [0.717, 1.165) is 6.54 Å². The van der Waals surface area contributed by atoms with Gasteiger partial charge in [-0.25, -0.2) is 5.43 Å². The molecule has 0 saturated carbocycles. The molecule has 1 aromatic carbocycles. The predicted molar refractivity (Wildman–Crippen MR) is 103 cm³/mol. The van der Waals surface area contributed by atoms with E-state index < -0.39 is 6.10 Å². The van der Waals surface area contributed by atoms with Crippen LogP contribution in [0.3, 0.4) is 0 Å². The molecule has 0 bridgehead atoms. The Balaban J connectivity index is 1.29. The summed E-state index contributed by atoms with van der Waals surface area (Å²) in [5.41, 5.74) is 8.14. The van der Waals surface area contributed by atoms with Crippen molar-refractivity contribution in [3.63, 3.8) is 0 Å². The van der Waals surface area contributed by atoms with Gasteiger partial charge in [0.2, 0.25) is 5.91 Å². The van der Waals surface area contributed by atoms with Crippen LogP contribution < -0.4 is 16.2 Å². The van der Waals surface area contributed by atoms with Crippen LogP contribution in [0.1, 0.15) is 18.1 Å². The number of aliphatic hydroxyl groups excluding tert-OH is 1. The highest BCUT2D eigenvalue weighted by Gasteiger charge is 2.29. The van der Waals surface area contributed by atoms with E-state index in [4.69, 9.17) is 0 Å². The highest BCUT2D eigenvalue weighted by atomic mass is 16.3. The summed E-state index contributed by atoms with van der Waals surface area (Å²) in [4.78, 5) is 16.4. The molecular weight excluding hydrogens is 342 g/mol. The summed E-state index contributed by atoms with van der Waals surface area (Å²) in [5, 5.41) is 14.2. The van der Waals surface area contributed by atoms with Crippen LogP contribution in [-0.2, 0) is 11.3 Å². The van der Waals surface area contributed by atoms with Gasteiger partial charge in [0, 0.05) is 48.8 Å². The van der Waals surface area contributed by atoms with Gasteiger partial charge >= 0.3 is 0 Å². The number of hydrazine groups is 1. The molecule has 3 unspecified atom stereocenters. The minimum Gasteiger partial charge on any atom is -0.387 e. The SMILES string of the molecule is O=C(NCC(O)c1cccnc1)C1CC(Cn2ccc3ccccc32)NN1. The Labute approximate surface area is 157 Å². The van der Waals surface area contributed by atoms with E-state index in [-0.39, 0.29) is 24.5 Å². The maximum atomic E-state index is 12.4. The van der Waals surface area contributed by atoms with Crippen LogP contribution in [0.5, 0.6) is 0 Å². The average molecular weight is 365 g/mol. The zero-order valence-electron chi connectivity index (χ0n) is 14.9. The molecule has 1 aliphatic rings.